The van der Waals surface area contributed by atoms with Crippen LogP contribution in [0.3, 0.4) is 0 Å². The molecule has 5 nitrogen and oxygen atoms in total. The van der Waals surface area contributed by atoms with Crippen molar-refractivity contribution in [2.24, 2.45) is 0 Å². The van der Waals surface area contributed by atoms with Crippen LogP contribution in [0.4, 0.5) is 10.3 Å². The van der Waals surface area contributed by atoms with E-state index in [1.807, 2.05) is 0 Å². The van der Waals surface area contributed by atoms with E-state index in [4.69, 9.17) is 11.5 Å². The van der Waals surface area contributed by atoms with Crippen molar-refractivity contribution in [2.45, 2.75) is 0 Å². The summed E-state index contributed by atoms with van der Waals surface area (Å²) in [5.74, 6) is 0. The predicted octanol–water partition coefficient (Wildman–Crippen LogP) is -0.136. The van der Waals surface area contributed by atoms with E-state index < -0.39 is 0 Å². The molecule has 0 saturated heterocycles. The second-order valence-corrected chi connectivity index (χ2v) is 2.02. The van der Waals surface area contributed by atoms with Gasteiger partial charge in [-0.1, -0.05) is 11.3 Å². The lowest BCUT2D eigenvalue weighted by Crippen LogP contribution is -1.81. The van der Waals surface area contributed by atoms with Crippen LogP contribution < -0.4 is 17.6 Å². The smallest absolute Gasteiger partial charge is 0.204 e. The molecule has 1 rings (SSSR count). The van der Waals surface area contributed by atoms with E-state index in [2.05, 4.69) is 10.2 Å². The summed E-state index contributed by atoms with van der Waals surface area (Å²) < 4.78 is 0. The Morgan fingerprint density at radius 2 is 1.50 bits per heavy atom. The van der Waals surface area contributed by atoms with Gasteiger partial charge in [0.2, 0.25) is 10.3 Å². The highest BCUT2D eigenvalue weighted by Crippen LogP contribution is 2.10. The number of nitrogens with two attached hydrogens (primary N) is 2. The highest BCUT2D eigenvalue weighted by atomic mass is 32.1. The van der Waals surface area contributed by atoms with Gasteiger partial charge >= 0.3 is 0 Å². The summed E-state index contributed by atoms with van der Waals surface area (Å²) in [6.07, 6.45) is 0. The minimum Gasteiger partial charge on any atom is -0.374 e. The molecule has 46 valence electrons. The van der Waals surface area contributed by atoms with Crippen LogP contribution in [0.5, 0.6) is 0 Å². The molecular formula is C2H7N5S. The van der Waals surface area contributed by atoms with E-state index in [9.17, 15) is 0 Å². The van der Waals surface area contributed by atoms with Gasteiger partial charge in [-0.05, 0) is 0 Å². The number of nitrogen functional groups attached to an aromatic ring is 2. The van der Waals surface area contributed by atoms with E-state index in [-0.39, 0.29) is 6.15 Å². The molecule has 0 aromatic carbocycles. The zero-order valence-electron chi connectivity index (χ0n) is 4.16. The number of nitrogens with zero attached hydrogens (tertiary/aromatic N) is 2. The molecule has 0 saturated carbocycles. The molecule has 0 aliphatic carbocycles. The maximum Gasteiger partial charge on any atom is 0.204 e. The zero-order chi connectivity index (χ0) is 5.28. The first-order valence-corrected chi connectivity index (χ1v) is 2.45. The average Bonchev–Trinajstić information content (AvgIpc) is 1.87. The number of hydrogen-bond donors (Lipinski definition) is 3. The third kappa shape index (κ3) is 1.32. The lowest BCUT2D eigenvalue weighted by molar-refractivity contribution is 1.11. The monoisotopic (exact) mass is 133 g/mol. The van der Waals surface area contributed by atoms with E-state index in [0.717, 1.165) is 0 Å². The maximum absolute atomic E-state index is 5.14. The number of rotatable bonds is 0. The first-order valence-electron chi connectivity index (χ1n) is 1.63. The summed E-state index contributed by atoms with van der Waals surface area (Å²) in [6.45, 7) is 0. The molecule has 0 amide bonds. The van der Waals surface area contributed by atoms with Crippen LogP contribution in [0.15, 0.2) is 0 Å². The zero-order valence-corrected chi connectivity index (χ0v) is 4.98. The molecule has 0 atom stereocenters. The van der Waals surface area contributed by atoms with E-state index >= 15 is 0 Å². The van der Waals surface area contributed by atoms with Crippen LogP contribution in [0.2, 0.25) is 0 Å². The topological polar surface area (TPSA) is 113 Å². The fourth-order valence-electron chi connectivity index (χ4n) is 0.247. The Balaban J connectivity index is 0.000000490. The molecule has 7 N–H and O–H groups in total. The highest BCUT2D eigenvalue weighted by Gasteiger charge is 1.89. The summed E-state index contributed by atoms with van der Waals surface area (Å²) in [6, 6.07) is 0. The standard InChI is InChI=1S/C2H4N4S.H3N/c3-1-5-6-2(4)7-1;/h(H2,3,5)(H2,4,6);1H3. The first kappa shape index (κ1) is 7.12. The summed E-state index contributed by atoms with van der Waals surface area (Å²) in [7, 11) is 0. The van der Waals surface area contributed by atoms with Gasteiger partial charge in [0.05, 0.1) is 0 Å². The molecule has 0 radical (unpaired) electrons. The van der Waals surface area contributed by atoms with Crippen molar-refractivity contribution in [3.63, 3.8) is 0 Å². The normalized spacial score (nSPS) is 8.00. The first-order chi connectivity index (χ1) is 3.29. The Labute approximate surface area is 50.3 Å². The van der Waals surface area contributed by atoms with Crippen molar-refractivity contribution < 1.29 is 0 Å². The van der Waals surface area contributed by atoms with Gasteiger partial charge in [0.1, 0.15) is 0 Å². The average molecular weight is 133 g/mol. The van der Waals surface area contributed by atoms with Crippen molar-refractivity contribution in [2.75, 3.05) is 11.5 Å². The fraction of sp³-hybridized carbons (Fsp3) is 0. The molecular weight excluding hydrogens is 126 g/mol. The van der Waals surface area contributed by atoms with Gasteiger partial charge in [0.25, 0.3) is 0 Å². The van der Waals surface area contributed by atoms with Crippen LogP contribution >= 0.6 is 11.3 Å². The quantitative estimate of drug-likeness (QED) is 0.456. The van der Waals surface area contributed by atoms with Gasteiger partial charge < -0.3 is 17.6 Å². The lowest BCUT2D eigenvalue weighted by Gasteiger charge is -1.67. The highest BCUT2D eigenvalue weighted by molar-refractivity contribution is 7.18. The fourth-order valence-corrected chi connectivity index (χ4v) is 0.624. The van der Waals surface area contributed by atoms with Crippen LogP contribution in [-0.2, 0) is 0 Å². The number of hydrogen-bond acceptors (Lipinski definition) is 6. The molecule has 8 heavy (non-hydrogen) atoms. The Morgan fingerprint density at radius 3 is 1.62 bits per heavy atom. The number of aromatic nitrogens is 2. The van der Waals surface area contributed by atoms with Crippen molar-refractivity contribution >= 4 is 21.6 Å². The molecule has 6 heteroatoms. The Bertz CT molecular complexity index is 143. The summed E-state index contributed by atoms with van der Waals surface area (Å²) >= 11 is 1.18. The molecule has 1 aromatic rings. The molecule has 0 bridgehead atoms. The van der Waals surface area contributed by atoms with Gasteiger partial charge in [0.15, 0.2) is 0 Å². The van der Waals surface area contributed by atoms with Crippen molar-refractivity contribution in [3.05, 3.63) is 0 Å². The second kappa shape index (κ2) is 2.43. The predicted molar refractivity (Wildman–Crippen MR) is 33.8 cm³/mol. The lowest BCUT2D eigenvalue weighted by atomic mass is 11.3. The van der Waals surface area contributed by atoms with Crippen molar-refractivity contribution in [3.8, 4) is 0 Å². The van der Waals surface area contributed by atoms with Crippen LogP contribution in [-0.4, -0.2) is 10.2 Å². The Hall–Kier alpha value is -0.880. The Morgan fingerprint density at radius 1 is 1.12 bits per heavy atom. The van der Waals surface area contributed by atoms with E-state index in [0.29, 0.717) is 10.3 Å². The third-order valence-corrected chi connectivity index (χ3v) is 1.04. The van der Waals surface area contributed by atoms with Crippen molar-refractivity contribution in [1.82, 2.24) is 16.3 Å². The largest absolute Gasteiger partial charge is 0.374 e. The van der Waals surface area contributed by atoms with Crippen LogP contribution in [0.1, 0.15) is 0 Å². The summed E-state index contributed by atoms with van der Waals surface area (Å²) in [4.78, 5) is 0. The third-order valence-electron chi connectivity index (χ3n) is 0.456. The Kier molecular flexibility index (Phi) is 2.17. The summed E-state index contributed by atoms with van der Waals surface area (Å²) in [5, 5.41) is 7.70. The molecule has 0 aliphatic rings. The van der Waals surface area contributed by atoms with Gasteiger partial charge in [-0.2, -0.15) is 0 Å². The minimum atomic E-state index is 0. The van der Waals surface area contributed by atoms with Gasteiger partial charge in [-0.15, -0.1) is 10.2 Å². The van der Waals surface area contributed by atoms with Crippen LogP contribution in [0.25, 0.3) is 0 Å². The van der Waals surface area contributed by atoms with E-state index in [1.54, 1.807) is 0 Å². The van der Waals surface area contributed by atoms with E-state index in [1.165, 1.54) is 11.3 Å². The second-order valence-electron chi connectivity index (χ2n) is 0.979. The molecule has 1 heterocycles. The van der Waals surface area contributed by atoms with Gasteiger partial charge in [-0.3, -0.25) is 0 Å². The van der Waals surface area contributed by atoms with Crippen LogP contribution in [0, 0.1) is 0 Å². The summed E-state index contributed by atoms with van der Waals surface area (Å²) in [5.41, 5.74) is 10.3. The molecule has 0 aliphatic heterocycles. The minimum absolute atomic E-state index is 0. The molecule has 1 aromatic heterocycles. The van der Waals surface area contributed by atoms with Gasteiger partial charge in [-0.25, -0.2) is 0 Å². The van der Waals surface area contributed by atoms with Crippen molar-refractivity contribution in [1.29, 1.82) is 0 Å². The molecule has 0 fully saturated rings. The maximum atomic E-state index is 5.14. The molecule has 0 unspecified atom stereocenters. The molecule has 0 spiro atoms. The SMILES string of the molecule is N.Nc1nnc(N)s1. The van der Waals surface area contributed by atoms with Gasteiger partial charge in [0, 0.05) is 0 Å². The number of anilines is 2.